The van der Waals surface area contributed by atoms with Crippen LogP contribution in [0.5, 0.6) is 0 Å². The highest BCUT2D eigenvalue weighted by Gasteiger charge is 2.19. The molecule has 0 unspecified atom stereocenters. The average Bonchev–Trinajstić information content (AvgIpc) is 2.80. The first-order valence-electron chi connectivity index (χ1n) is 7.40. The van der Waals surface area contributed by atoms with Crippen molar-refractivity contribution in [1.82, 2.24) is 14.9 Å². The van der Waals surface area contributed by atoms with Gasteiger partial charge in [0.15, 0.2) is 0 Å². The summed E-state index contributed by atoms with van der Waals surface area (Å²) in [6.45, 7) is 11.7. The van der Waals surface area contributed by atoms with Gasteiger partial charge in [-0.3, -0.25) is 0 Å². The number of nitrogens with one attached hydrogen (secondary N) is 1. The lowest BCUT2D eigenvalue weighted by Crippen LogP contribution is -2.34. The number of nitrogens with zero attached hydrogens (tertiary/aromatic N) is 2. The Balaban J connectivity index is 2.52. The van der Waals surface area contributed by atoms with Crippen LogP contribution >= 0.6 is 0 Å². The van der Waals surface area contributed by atoms with Crippen LogP contribution in [0.4, 0.5) is 4.79 Å². The number of amides is 1. The van der Waals surface area contributed by atoms with Gasteiger partial charge >= 0.3 is 6.09 Å². The third kappa shape index (κ3) is 6.62. The van der Waals surface area contributed by atoms with E-state index in [1.165, 1.54) is 0 Å². The lowest BCUT2D eigenvalue weighted by Gasteiger charge is -2.22. The Morgan fingerprint density at radius 3 is 2.81 bits per heavy atom. The third-order valence-electron chi connectivity index (χ3n) is 2.81. The minimum atomic E-state index is -0.498. The summed E-state index contributed by atoms with van der Waals surface area (Å²) in [7, 11) is 0. The van der Waals surface area contributed by atoms with E-state index in [1.807, 2.05) is 39.2 Å². The van der Waals surface area contributed by atoms with Crippen LogP contribution in [0, 0.1) is 0 Å². The predicted octanol–water partition coefficient (Wildman–Crippen LogP) is 2.90. The lowest BCUT2D eigenvalue weighted by molar-refractivity contribution is 0.0506. The summed E-state index contributed by atoms with van der Waals surface area (Å²) in [5.41, 5.74) is 0.457. The van der Waals surface area contributed by atoms with Gasteiger partial charge in [0.25, 0.3) is 0 Å². The van der Waals surface area contributed by atoms with Crippen LogP contribution in [-0.2, 0) is 16.0 Å². The fraction of sp³-hybridized carbons (Fsp3) is 0.733. The van der Waals surface area contributed by atoms with Crippen LogP contribution in [0.3, 0.4) is 0 Å². The number of hydrogen-bond acceptors (Lipinski definition) is 4. The first-order chi connectivity index (χ1) is 9.83. The monoisotopic (exact) mass is 297 g/mol. The zero-order valence-corrected chi connectivity index (χ0v) is 13.7. The van der Waals surface area contributed by atoms with Gasteiger partial charge < -0.3 is 19.4 Å². The molecule has 0 spiro atoms. The molecule has 1 rings (SSSR count). The first kappa shape index (κ1) is 17.5. The van der Waals surface area contributed by atoms with E-state index in [2.05, 4.69) is 10.3 Å². The molecule has 0 bridgehead atoms. The van der Waals surface area contributed by atoms with Crippen LogP contribution < -0.4 is 5.32 Å². The van der Waals surface area contributed by atoms with Crippen LogP contribution in [0.15, 0.2) is 12.5 Å². The van der Waals surface area contributed by atoms with E-state index in [0.717, 1.165) is 31.9 Å². The summed E-state index contributed by atoms with van der Waals surface area (Å²) >= 11 is 0. The number of hydrogen-bond donors (Lipinski definition) is 1. The van der Waals surface area contributed by atoms with Gasteiger partial charge in [0.2, 0.25) is 0 Å². The molecule has 0 radical (unpaired) electrons. The molecule has 0 fully saturated rings. The number of carbonyl (C=O) groups is 1. The van der Waals surface area contributed by atoms with Gasteiger partial charge in [-0.2, -0.15) is 0 Å². The highest BCUT2D eigenvalue weighted by molar-refractivity contribution is 5.68. The Morgan fingerprint density at radius 1 is 1.48 bits per heavy atom. The highest BCUT2D eigenvalue weighted by Crippen LogP contribution is 2.14. The van der Waals surface area contributed by atoms with E-state index in [4.69, 9.17) is 9.47 Å². The van der Waals surface area contributed by atoms with Crippen LogP contribution in [0.2, 0.25) is 0 Å². The zero-order chi connectivity index (χ0) is 15.9. The Kier molecular flexibility index (Phi) is 6.68. The SMILES string of the molecule is CCOCCCn1cncc1[C@H](C)NC(=O)OC(C)(C)C. The molecule has 0 saturated carbocycles. The summed E-state index contributed by atoms with van der Waals surface area (Å²) in [4.78, 5) is 15.9. The molecule has 6 heteroatoms. The topological polar surface area (TPSA) is 65.4 Å². The van der Waals surface area contributed by atoms with Crippen molar-refractivity contribution in [3.05, 3.63) is 18.2 Å². The molecule has 0 saturated heterocycles. The normalized spacial score (nSPS) is 13.0. The fourth-order valence-electron chi connectivity index (χ4n) is 1.92. The summed E-state index contributed by atoms with van der Waals surface area (Å²) in [6, 6.07) is -0.158. The molecule has 0 aliphatic heterocycles. The number of aryl methyl sites for hydroxylation is 1. The number of ether oxygens (including phenoxy) is 2. The van der Waals surface area contributed by atoms with Crippen molar-refractivity contribution in [3.8, 4) is 0 Å². The van der Waals surface area contributed by atoms with E-state index in [-0.39, 0.29) is 6.04 Å². The molecule has 6 nitrogen and oxygen atoms in total. The Hall–Kier alpha value is -1.56. The molecule has 0 aliphatic carbocycles. The molecule has 21 heavy (non-hydrogen) atoms. The smallest absolute Gasteiger partial charge is 0.408 e. The number of imidazole rings is 1. The molecule has 0 aliphatic rings. The molecule has 0 aromatic carbocycles. The molecular formula is C15H27N3O3. The molecule has 1 N–H and O–H groups in total. The Morgan fingerprint density at radius 2 is 2.19 bits per heavy atom. The first-order valence-corrected chi connectivity index (χ1v) is 7.40. The van der Waals surface area contributed by atoms with Crippen molar-refractivity contribution in [3.63, 3.8) is 0 Å². The summed E-state index contributed by atoms with van der Waals surface area (Å²) in [5.74, 6) is 0. The van der Waals surface area contributed by atoms with Gasteiger partial charge in [-0.25, -0.2) is 9.78 Å². The molecule has 1 aromatic heterocycles. The van der Waals surface area contributed by atoms with Crippen molar-refractivity contribution in [2.24, 2.45) is 0 Å². The van der Waals surface area contributed by atoms with Crippen molar-refractivity contribution >= 4 is 6.09 Å². The number of aromatic nitrogens is 2. The van der Waals surface area contributed by atoms with E-state index in [9.17, 15) is 4.79 Å². The van der Waals surface area contributed by atoms with Crippen molar-refractivity contribution in [2.45, 2.75) is 59.2 Å². The Bertz CT molecular complexity index is 438. The van der Waals surface area contributed by atoms with Gasteiger partial charge in [-0.15, -0.1) is 0 Å². The lowest BCUT2D eigenvalue weighted by atomic mass is 10.2. The molecule has 1 heterocycles. The highest BCUT2D eigenvalue weighted by atomic mass is 16.6. The van der Waals surface area contributed by atoms with Crippen molar-refractivity contribution < 1.29 is 14.3 Å². The van der Waals surface area contributed by atoms with Crippen molar-refractivity contribution in [1.29, 1.82) is 0 Å². The maximum Gasteiger partial charge on any atom is 0.408 e. The van der Waals surface area contributed by atoms with Crippen LogP contribution in [-0.4, -0.2) is 34.5 Å². The summed E-state index contributed by atoms with van der Waals surface area (Å²) < 4.78 is 12.6. The second-order valence-corrected chi connectivity index (χ2v) is 5.93. The minimum Gasteiger partial charge on any atom is -0.444 e. The average molecular weight is 297 g/mol. The summed E-state index contributed by atoms with van der Waals surface area (Å²) in [6.07, 6.45) is 4.03. The maximum atomic E-state index is 11.8. The van der Waals surface area contributed by atoms with Crippen molar-refractivity contribution in [2.75, 3.05) is 13.2 Å². The fourth-order valence-corrected chi connectivity index (χ4v) is 1.92. The van der Waals surface area contributed by atoms with E-state index < -0.39 is 11.7 Å². The minimum absolute atomic E-state index is 0.158. The number of carbonyl (C=O) groups excluding carboxylic acids is 1. The van der Waals surface area contributed by atoms with Crippen LogP contribution in [0.1, 0.15) is 52.8 Å². The van der Waals surface area contributed by atoms with Gasteiger partial charge in [0.1, 0.15) is 5.60 Å². The van der Waals surface area contributed by atoms with Gasteiger partial charge in [-0.1, -0.05) is 0 Å². The largest absolute Gasteiger partial charge is 0.444 e. The second kappa shape index (κ2) is 8.02. The van der Waals surface area contributed by atoms with Crippen LogP contribution in [0.25, 0.3) is 0 Å². The third-order valence-corrected chi connectivity index (χ3v) is 2.81. The second-order valence-electron chi connectivity index (χ2n) is 5.93. The number of rotatable bonds is 7. The van der Waals surface area contributed by atoms with Gasteiger partial charge in [-0.05, 0) is 41.0 Å². The Labute approximate surface area is 126 Å². The molecule has 1 atom stereocenters. The van der Waals surface area contributed by atoms with E-state index >= 15 is 0 Å². The van der Waals surface area contributed by atoms with E-state index in [0.29, 0.717) is 0 Å². The predicted molar refractivity (Wildman–Crippen MR) is 81.1 cm³/mol. The molecule has 1 aromatic rings. The van der Waals surface area contributed by atoms with Gasteiger partial charge in [0, 0.05) is 19.8 Å². The molecule has 120 valence electrons. The zero-order valence-electron chi connectivity index (χ0n) is 13.7. The molecular weight excluding hydrogens is 270 g/mol. The van der Waals surface area contributed by atoms with Gasteiger partial charge in [0.05, 0.1) is 24.3 Å². The summed E-state index contributed by atoms with van der Waals surface area (Å²) in [5, 5.41) is 2.83. The number of alkyl carbamates (subject to hydrolysis) is 1. The molecule has 1 amide bonds. The quantitative estimate of drug-likeness (QED) is 0.786. The van der Waals surface area contributed by atoms with E-state index in [1.54, 1.807) is 12.5 Å². The standard InChI is InChI=1S/C15H27N3O3/c1-6-20-9-7-8-18-11-16-10-13(18)12(2)17-14(19)21-15(3,4)5/h10-12H,6-9H2,1-5H3,(H,17,19)/t12-/m0/s1. The maximum absolute atomic E-state index is 11.8.